The molecule has 0 unspecified atom stereocenters. The maximum absolute atomic E-state index is 6.41. The highest BCUT2D eigenvalue weighted by molar-refractivity contribution is 5.26. The van der Waals surface area contributed by atoms with Gasteiger partial charge in [-0.05, 0) is 36.3 Å². The average molecular weight is 233 g/mol. The smallest absolute Gasteiger partial charge is 0.0483 e. The van der Waals surface area contributed by atoms with Gasteiger partial charge in [0.1, 0.15) is 0 Å². The van der Waals surface area contributed by atoms with Gasteiger partial charge in [0.15, 0.2) is 0 Å². The maximum Gasteiger partial charge on any atom is 0.0483 e. The molecule has 1 aliphatic rings. The first-order chi connectivity index (χ1) is 8.09. The maximum atomic E-state index is 6.41. The van der Waals surface area contributed by atoms with E-state index in [9.17, 15) is 0 Å². The molecule has 0 saturated carbocycles. The number of rotatable bonds is 3. The average Bonchev–Trinajstić information content (AvgIpc) is 2.30. The Morgan fingerprint density at radius 3 is 2.29 bits per heavy atom. The van der Waals surface area contributed by atoms with E-state index in [0.717, 1.165) is 32.5 Å². The van der Waals surface area contributed by atoms with Gasteiger partial charge in [0.2, 0.25) is 0 Å². The van der Waals surface area contributed by atoms with Gasteiger partial charge in [0.05, 0.1) is 0 Å². The Balaban J connectivity index is 2.03. The zero-order chi connectivity index (χ0) is 12.3. The van der Waals surface area contributed by atoms with Crippen molar-refractivity contribution in [2.45, 2.75) is 44.6 Å². The summed E-state index contributed by atoms with van der Waals surface area (Å²) in [5.74, 6) is 0.596. The zero-order valence-corrected chi connectivity index (χ0v) is 10.9. The fourth-order valence-corrected chi connectivity index (χ4v) is 2.38. The summed E-state index contributed by atoms with van der Waals surface area (Å²) in [5, 5.41) is 0. The van der Waals surface area contributed by atoms with Gasteiger partial charge in [-0.2, -0.15) is 0 Å². The van der Waals surface area contributed by atoms with Gasteiger partial charge in [-0.15, -0.1) is 0 Å². The first-order valence-electron chi connectivity index (χ1n) is 6.54. The largest absolute Gasteiger partial charge is 0.381 e. The van der Waals surface area contributed by atoms with Crippen LogP contribution in [0.5, 0.6) is 0 Å². The van der Waals surface area contributed by atoms with E-state index in [1.165, 1.54) is 11.1 Å². The molecular weight excluding hydrogens is 210 g/mol. The summed E-state index contributed by atoms with van der Waals surface area (Å²) in [7, 11) is 0. The van der Waals surface area contributed by atoms with Crippen molar-refractivity contribution in [3.63, 3.8) is 0 Å². The number of hydrogen-bond acceptors (Lipinski definition) is 2. The van der Waals surface area contributed by atoms with Crippen LogP contribution in [0, 0.1) is 0 Å². The van der Waals surface area contributed by atoms with Crippen LogP contribution >= 0.6 is 0 Å². The van der Waals surface area contributed by atoms with Crippen molar-refractivity contribution in [1.82, 2.24) is 0 Å². The Morgan fingerprint density at radius 1 is 1.18 bits per heavy atom. The van der Waals surface area contributed by atoms with Crippen LogP contribution in [0.4, 0.5) is 0 Å². The van der Waals surface area contributed by atoms with Gasteiger partial charge in [0.25, 0.3) is 0 Å². The molecule has 1 heterocycles. The summed E-state index contributed by atoms with van der Waals surface area (Å²) >= 11 is 0. The molecule has 2 N–H and O–H groups in total. The van der Waals surface area contributed by atoms with E-state index in [0.29, 0.717) is 5.92 Å². The number of hydrogen-bond donors (Lipinski definition) is 1. The molecule has 0 atom stereocenters. The van der Waals surface area contributed by atoms with Gasteiger partial charge in [-0.25, -0.2) is 0 Å². The molecule has 0 aromatic heterocycles. The lowest BCUT2D eigenvalue weighted by atomic mass is 9.84. The van der Waals surface area contributed by atoms with Crippen LogP contribution in [0.25, 0.3) is 0 Å². The summed E-state index contributed by atoms with van der Waals surface area (Å²) in [6.07, 6.45) is 2.91. The van der Waals surface area contributed by atoms with Gasteiger partial charge in [0, 0.05) is 18.8 Å². The van der Waals surface area contributed by atoms with Crippen molar-refractivity contribution in [1.29, 1.82) is 0 Å². The van der Waals surface area contributed by atoms with Crippen LogP contribution in [0.15, 0.2) is 24.3 Å². The third-order valence-corrected chi connectivity index (χ3v) is 3.69. The van der Waals surface area contributed by atoms with Crippen molar-refractivity contribution >= 4 is 0 Å². The van der Waals surface area contributed by atoms with Crippen LogP contribution in [-0.2, 0) is 11.2 Å². The van der Waals surface area contributed by atoms with Crippen LogP contribution in [0.3, 0.4) is 0 Å². The van der Waals surface area contributed by atoms with E-state index in [-0.39, 0.29) is 5.54 Å². The van der Waals surface area contributed by atoms with Gasteiger partial charge in [-0.3, -0.25) is 0 Å². The number of ether oxygens (including phenoxy) is 1. The minimum absolute atomic E-state index is 0.0579. The third-order valence-electron chi connectivity index (χ3n) is 3.69. The standard InChI is InChI=1S/C15H23NO/c1-12(2)14-5-3-13(4-6-14)11-15(16)7-9-17-10-8-15/h3-6,12H,7-11,16H2,1-2H3. The molecule has 0 aliphatic carbocycles. The normalized spacial score (nSPS) is 19.5. The van der Waals surface area contributed by atoms with Gasteiger partial charge < -0.3 is 10.5 Å². The predicted octanol–water partition coefficient (Wildman–Crippen LogP) is 2.86. The number of benzene rings is 1. The Hall–Kier alpha value is -0.860. The molecule has 0 amide bonds. The molecule has 1 fully saturated rings. The highest BCUT2D eigenvalue weighted by Crippen LogP contribution is 2.23. The van der Waals surface area contributed by atoms with Crippen molar-refractivity contribution < 1.29 is 4.74 Å². The van der Waals surface area contributed by atoms with E-state index in [1.54, 1.807) is 0 Å². The Bertz CT molecular complexity index is 350. The van der Waals surface area contributed by atoms with Crippen molar-refractivity contribution in [3.8, 4) is 0 Å². The second-order valence-corrected chi connectivity index (χ2v) is 5.55. The summed E-state index contributed by atoms with van der Waals surface area (Å²) in [4.78, 5) is 0. The summed E-state index contributed by atoms with van der Waals surface area (Å²) in [6, 6.07) is 8.89. The third kappa shape index (κ3) is 3.30. The molecule has 2 nitrogen and oxygen atoms in total. The SMILES string of the molecule is CC(C)c1ccc(CC2(N)CCOCC2)cc1. The summed E-state index contributed by atoms with van der Waals surface area (Å²) in [6.45, 7) is 6.05. The highest BCUT2D eigenvalue weighted by atomic mass is 16.5. The van der Waals surface area contributed by atoms with E-state index >= 15 is 0 Å². The molecule has 1 saturated heterocycles. The van der Waals surface area contributed by atoms with Crippen LogP contribution in [0.1, 0.15) is 43.7 Å². The lowest BCUT2D eigenvalue weighted by Gasteiger charge is -2.33. The highest BCUT2D eigenvalue weighted by Gasteiger charge is 2.27. The first-order valence-corrected chi connectivity index (χ1v) is 6.54. The second-order valence-electron chi connectivity index (χ2n) is 5.55. The minimum atomic E-state index is -0.0579. The Labute approximate surface area is 104 Å². The summed E-state index contributed by atoms with van der Waals surface area (Å²) in [5.41, 5.74) is 9.09. The van der Waals surface area contributed by atoms with E-state index < -0.39 is 0 Å². The lowest BCUT2D eigenvalue weighted by molar-refractivity contribution is 0.0533. The molecule has 1 aromatic rings. The summed E-state index contributed by atoms with van der Waals surface area (Å²) < 4.78 is 5.37. The number of nitrogens with two attached hydrogens (primary N) is 1. The predicted molar refractivity (Wildman–Crippen MR) is 71.2 cm³/mol. The topological polar surface area (TPSA) is 35.2 Å². The fraction of sp³-hybridized carbons (Fsp3) is 0.600. The van der Waals surface area contributed by atoms with Crippen molar-refractivity contribution in [3.05, 3.63) is 35.4 Å². The monoisotopic (exact) mass is 233 g/mol. The van der Waals surface area contributed by atoms with Crippen LogP contribution in [0.2, 0.25) is 0 Å². The van der Waals surface area contributed by atoms with Crippen LogP contribution in [-0.4, -0.2) is 18.8 Å². The van der Waals surface area contributed by atoms with E-state index in [1.807, 2.05) is 0 Å². The van der Waals surface area contributed by atoms with Gasteiger partial charge in [-0.1, -0.05) is 38.1 Å². The molecule has 2 heteroatoms. The van der Waals surface area contributed by atoms with Crippen molar-refractivity contribution in [2.75, 3.05) is 13.2 Å². The second kappa shape index (κ2) is 5.19. The molecule has 1 aliphatic heterocycles. The van der Waals surface area contributed by atoms with Crippen LogP contribution < -0.4 is 5.73 Å². The van der Waals surface area contributed by atoms with Gasteiger partial charge >= 0.3 is 0 Å². The quantitative estimate of drug-likeness (QED) is 0.871. The molecule has 0 spiro atoms. The minimum Gasteiger partial charge on any atom is -0.381 e. The molecular formula is C15H23NO. The molecule has 2 rings (SSSR count). The molecule has 0 radical (unpaired) electrons. The molecule has 94 valence electrons. The molecule has 1 aromatic carbocycles. The Morgan fingerprint density at radius 2 is 1.76 bits per heavy atom. The van der Waals surface area contributed by atoms with E-state index in [2.05, 4.69) is 38.1 Å². The van der Waals surface area contributed by atoms with E-state index in [4.69, 9.17) is 10.5 Å². The Kier molecular flexibility index (Phi) is 3.85. The zero-order valence-electron chi connectivity index (χ0n) is 10.9. The lowest BCUT2D eigenvalue weighted by Crippen LogP contribution is -2.46. The molecule has 17 heavy (non-hydrogen) atoms. The fourth-order valence-electron chi connectivity index (χ4n) is 2.38. The first kappa shape index (κ1) is 12.6. The van der Waals surface area contributed by atoms with Crippen molar-refractivity contribution in [2.24, 2.45) is 5.73 Å². The molecule has 0 bridgehead atoms.